The summed E-state index contributed by atoms with van der Waals surface area (Å²) >= 11 is 0. The maximum atomic E-state index is 12.8. The van der Waals surface area contributed by atoms with Crippen molar-refractivity contribution in [1.82, 2.24) is 0 Å². The Bertz CT molecular complexity index is 1170. The number of esters is 3. The van der Waals surface area contributed by atoms with E-state index in [1.807, 2.05) is 0 Å². The highest BCUT2D eigenvalue weighted by molar-refractivity contribution is 5.71. The van der Waals surface area contributed by atoms with Crippen LogP contribution in [0.4, 0.5) is 0 Å². The van der Waals surface area contributed by atoms with Crippen LogP contribution in [-0.4, -0.2) is 37.2 Å². The number of unbranched alkanes of at least 4 members (excludes halogenated alkanes) is 34. The summed E-state index contributed by atoms with van der Waals surface area (Å²) in [4.78, 5) is 38.2. The van der Waals surface area contributed by atoms with Gasteiger partial charge >= 0.3 is 17.9 Å². The Morgan fingerprint density at radius 3 is 0.925 bits per heavy atom. The van der Waals surface area contributed by atoms with Crippen LogP contribution in [0.15, 0.2) is 48.6 Å². The van der Waals surface area contributed by atoms with E-state index in [4.69, 9.17) is 14.2 Å². The fraction of sp³-hybridized carbons (Fsp3) is 0.820. The fourth-order valence-corrected chi connectivity index (χ4v) is 8.45. The standard InChI is InChI=1S/C61H110O6/c1-4-7-10-13-16-19-22-25-28-29-30-31-34-36-39-42-45-48-51-54-60(63)66-57-58(67-61(64)55-52-49-46-43-40-37-33-27-24-21-18-15-12-9-6-3)56-65-59(62)53-50-47-44-41-38-35-32-26-23-20-17-14-11-8-5-2/h9,12,18,21,26-27,32-33,58H,4-8,10-11,13-17,19-20,22-25,28-31,34-57H2,1-3H3/b12-9-,21-18-,32-26-,33-27-. The van der Waals surface area contributed by atoms with Crippen LogP contribution in [0.5, 0.6) is 0 Å². The van der Waals surface area contributed by atoms with Gasteiger partial charge in [0.05, 0.1) is 0 Å². The Labute approximate surface area is 416 Å². The molecule has 0 aliphatic heterocycles. The molecule has 0 aliphatic carbocycles. The summed E-state index contributed by atoms with van der Waals surface area (Å²) in [5.74, 6) is -0.890. The van der Waals surface area contributed by atoms with Crippen molar-refractivity contribution in [1.29, 1.82) is 0 Å². The summed E-state index contributed by atoms with van der Waals surface area (Å²) in [5, 5.41) is 0. The molecule has 0 aromatic heterocycles. The van der Waals surface area contributed by atoms with E-state index < -0.39 is 6.10 Å². The molecule has 0 aliphatic rings. The lowest BCUT2D eigenvalue weighted by Crippen LogP contribution is -2.30. The summed E-state index contributed by atoms with van der Waals surface area (Å²) in [6, 6.07) is 0. The minimum Gasteiger partial charge on any atom is -0.462 e. The van der Waals surface area contributed by atoms with Crippen molar-refractivity contribution in [2.45, 2.75) is 309 Å². The highest BCUT2D eigenvalue weighted by atomic mass is 16.6. The second-order valence-electron chi connectivity index (χ2n) is 19.5. The fourth-order valence-electron chi connectivity index (χ4n) is 8.45. The number of ether oxygens (including phenoxy) is 3. The summed E-state index contributed by atoms with van der Waals surface area (Å²) in [5.41, 5.74) is 0. The van der Waals surface area contributed by atoms with E-state index in [0.717, 1.165) is 103 Å². The molecule has 0 heterocycles. The first-order chi connectivity index (χ1) is 33.0. The highest BCUT2D eigenvalue weighted by Gasteiger charge is 2.19. The molecule has 0 saturated heterocycles. The summed E-state index contributed by atoms with van der Waals surface area (Å²) in [6.07, 6.45) is 68.2. The van der Waals surface area contributed by atoms with Gasteiger partial charge in [-0.1, -0.05) is 256 Å². The van der Waals surface area contributed by atoms with Gasteiger partial charge in [-0.25, -0.2) is 0 Å². The van der Waals surface area contributed by atoms with Gasteiger partial charge in [-0.3, -0.25) is 14.4 Å². The zero-order valence-electron chi connectivity index (χ0n) is 44.7. The van der Waals surface area contributed by atoms with Gasteiger partial charge < -0.3 is 14.2 Å². The van der Waals surface area contributed by atoms with E-state index >= 15 is 0 Å². The minimum atomic E-state index is -0.783. The van der Waals surface area contributed by atoms with Crippen LogP contribution in [0, 0.1) is 0 Å². The molecule has 390 valence electrons. The van der Waals surface area contributed by atoms with E-state index in [1.165, 1.54) is 161 Å². The van der Waals surface area contributed by atoms with Crippen molar-refractivity contribution in [3.8, 4) is 0 Å². The maximum Gasteiger partial charge on any atom is 0.306 e. The first-order valence-electron chi connectivity index (χ1n) is 29.1. The van der Waals surface area contributed by atoms with Crippen molar-refractivity contribution in [2.75, 3.05) is 13.2 Å². The van der Waals surface area contributed by atoms with Gasteiger partial charge in [0, 0.05) is 19.3 Å². The third-order valence-electron chi connectivity index (χ3n) is 12.8. The lowest BCUT2D eigenvalue weighted by atomic mass is 10.0. The van der Waals surface area contributed by atoms with E-state index in [9.17, 15) is 14.4 Å². The molecular weight excluding hydrogens is 829 g/mol. The molecule has 0 bridgehead atoms. The van der Waals surface area contributed by atoms with Crippen molar-refractivity contribution in [2.24, 2.45) is 0 Å². The third-order valence-corrected chi connectivity index (χ3v) is 12.8. The van der Waals surface area contributed by atoms with E-state index in [1.54, 1.807) is 0 Å². The Morgan fingerprint density at radius 2 is 0.582 bits per heavy atom. The molecule has 0 radical (unpaired) electrons. The van der Waals surface area contributed by atoms with Crippen LogP contribution in [0.3, 0.4) is 0 Å². The van der Waals surface area contributed by atoms with Crippen LogP contribution in [0.25, 0.3) is 0 Å². The molecule has 0 N–H and O–H groups in total. The van der Waals surface area contributed by atoms with Gasteiger partial charge in [0.15, 0.2) is 6.10 Å². The van der Waals surface area contributed by atoms with Gasteiger partial charge in [-0.15, -0.1) is 0 Å². The van der Waals surface area contributed by atoms with E-state index in [2.05, 4.69) is 69.4 Å². The first kappa shape index (κ1) is 64.4. The Kier molecular flexibility index (Phi) is 53.8. The van der Waals surface area contributed by atoms with Gasteiger partial charge in [0.2, 0.25) is 0 Å². The number of hydrogen-bond acceptors (Lipinski definition) is 6. The molecule has 1 unspecified atom stereocenters. The van der Waals surface area contributed by atoms with Crippen molar-refractivity contribution in [3.05, 3.63) is 48.6 Å². The predicted molar refractivity (Wildman–Crippen MR) is 289 cm³/mol. The molecule has 6 nitrogen and oxygen atoms in total. The Balaban J connectivity index is 4.35. The zero-order chi connectivity index (χ0) is 48.6. The van der Waals surface area contributed by atoms with Gasteiger partial charge in [-0.05, 0) is 77.0 Å². The lowest BCUT2D eigenvalue weighted by molar-refractivity contribution is -0.167. The summed E-state index contributed by atoms with van der Waals surface area (Å²) < 4.78 is 16.9. The number of carbonyl (C=O) groups is 3. The lowest BCUT2D eigenvalue weighted by Gasteiger charge is -2.18. The second-order valence-corrected chi connectivity index (χ2v) is 19.5. The maximum absolute atomic E-state index is 12.8. The summed E-state index contributed by atoms with van der Waals surface area (Å²) in [7, 11) is 0. The van der Waals surface area contributed by atoms with Crippen molar-refractivity contribution >= 4 is 17.9 Å². The number of carbonyl (C=O) groups excluding carboxylic acids is 3. The van der Waals surface area contributed by atoms with Crippen LogP contribution >= 0.6 is 0 Å². The zero-order valence-corrected chi connectivity index (χ0v) is 44.7. The topological polar surface area (TPSA) is 78.9 Å². The first-order valence-corrected chi connectivity index (χ1v) is 29.1. The Morgan fingerprint density at radius 1 is 0.313 bits per heavy atom. The average molecular weight is 940 g/mol. The monoisotopic (exact) mass is 939 g/mol. The normalized spacial score (nSPS) is 12.3. The van der Waals surface area contributed by atoms with Crippen LogP contribution < -0.4 is 0 Å². The molecule has 1 atom stereocenters. The molecular formula is C61H110O6. The molecule has 0 saturated carbocycles. The van der Waals surface area contributed by atoms with Crippen LogP contribution in [0.1, 0.15) is 303 Å². The van der Waals surface area contributed by atoms with Crippen LogP contribution in [-0.2, 0) is 28.6 Å². The predicted octanol–water partition coefficient (Wildman–Crippen LogP) is 19.4. The van der Waals surface area contributed by atoms with Gasteiger partial charge in [0.1, 0.15) is 13.2 Å². The molecule has 0 aromatic carbocycles. The minimum absolute atomic E-state index is 0.0798. The quantitative estimate of drug-likeness (QED) is 0.0262. The van der Waals surface area contributed by atoms with Crippen LogP contribution in [0.2, 0.25) is 0 Å². The SMILES string of the molecule is CC/C=C\C/C=C\C/C=C\CCCCCCCC(=O)OC(COC(=O)CCCCCCC/C=C\CCCCCCCC)COC(=O)CCCCCCCCCCCCCCCCCCCCC. The van der Waals surface area contributed by atoms with Crippen molar-refractivity contribution < 1.29 is 28.6 Å². The molecule has 0 aromatic rings. The number of hydrogen-bond donors (Lipinski definition) is 0. The Hall–Kier alpha value is -2.63. The van der Waals surface area contributed by atoms with Gasteiger partial charge in [0.25, 0.3) is 0 Å². The second kappa shape index (κ2) is 56.0. The molecule has 6 heteroatoms. The molecule has 0 rings (SSSR count). The smallest absolute Gasteiger partial charge is 0.306 e. The molecule has 0 fully saturated rings. The largest absolute Gasteiger partial charge is 0.462 e. The van der Waals surface area contributed by atoms with E-state index in [0.29, 0.717) is 19.3 Å². The van der Waals surface area contributed by atoms with Gasteiger partial charge in [-0.2, -0.15) is 0 Å². The molecule has 67 heavy (non-hydrogen) atoms. The van der Waals surface area contributed by atoms with Crippen molar-refractivity contribution in [3.63, 3.8) is 0 Å². The molecule has 0 amide bonds. The average Bonchev–Trinajstić information content (AvgIpc) is 3.33. The summed E-state index contributed by atoms with van der Waals surface area (Å²) in [6.45, 7) is 6.54. The van der Waals surface area contributed by atoms with E-state index in [-0.39, 0.29) is 31.1 Å². The third kappa shape index (κ3) is 54.2. The number of rotatable bonds is 53. The molecule has 0 spiro atoms. The number of allylic oxidation sites excluding steroid dienone is 8. The highest BCUT2D eigenvalue weighted by Crippen LogP contribution is 2.16.